The molecule has 0 aliphatic heterocycles. The molecule has 0 amide bonds. The SMILES string of the molecule is CCOC(=O)/C=C/c1cc(OCc2ccc(OCC)cc2)cc(OCc2ccc(OCC)cc2)c1. The minimum absolute atomic E-state index is 0.324. The van der Waals surface area contributed by atoms with Gasteiger partial charge in [-0.2, -0.15) is 0 Å². The van der Waals surface area contributed by atoms with Crippen LogP contribution in [0.1, 0.15) is 37.5 Å². The molecule has 3 aromatic rings. The maximum absolute atomic E-state index is 11.8. The van der Waals surface area contributed by atoms with Gasteiger partial charge in [-0.1, -0.05) is 24.3 Å². The summed E-state index contributed by atoms with van der Waals surface area (Å²) in [6.45, 7) is 8.03. The number of hydrogen-bond donors (Lipinski definition) is 0. The molecule has 0 bridgehead atoms. The summed E-state index contributed by atoms with van der Waals surface area (Å²) in [6.07, 6.45) is 3.08. The Morgan fingerprint density at radius 1 is 0.629 bits per heavy atom. The summed E-state index contributed by atoms with van der Waals surface area (Å²) in [6, 6.07) is 21.1. The number of carbonyl (C=O) groups is 1. The Morgan fingerprint density at radius 2 is 1.11 bits per heavy atom. The number of ether oxygens (including phenoxy) is 5. The van der Waals surface area contributed by atoms with Crippen molar-refractivity contribution in [3.8, 4) is 23.0 Å². The highest BCUT2D eigenvalue weighted by molar-refractivity contribution is 5.87. The van der Waals surface area contributed by atoms with Crippen molar-refractivity contribution in [1.82, 2.24) is 0 Å². The first-order chi connectivity index (χ1) is 17.1. The Kier molecular flexibility index (Phi) is 10.1. The number of carbonyl (C=O) groups excluding carboxylic acids is 1. The zero-order valence-electron chi connectivity index (χ0n) is 20.5. The first kappa shape index (κ1) is 25.7. The van der Waals surface area contributed by atoms with Gasteiger partial charge in [0.25, 0.3) is 0 Å². The van der Waals surface area contributed by atoms with Gasteiger partial charge < -0.3 is 23.7 Å². The molecule has 35 heavy (non-hydrogen) atoms. The molecule has 6 heteroatoms. The summed E-state index contributed by atoms with van der Waals surface area (Å²) in [5.74, 6) is 2.52. The van der Waals surface area contributed by atoms with Crippen LogP contribution in [0.4, 0.5) is 0 Å². The Labute approximate surface area is 207 Å². The van der Waals surface area contributed by atoms with E-state index in [0.29, 0.717) is 44.5 Å². The second-order valence-electron chi connectivity index (χ2n) is 7.55. The molecule has 6 nitrogen and oxygen atoms in total. The van der Waals surface area contributed by atoms with Gasteiger partial charge >= 0.3 is 5.97 Å². The van der Waals surface area contributed by atoms with E-state index in [1.807, 2.05) is 80.6 Å². The van der Waals surface area contributed by atoms with Crippen molar-refractivity contribution in [2.45, 2.75) is 34.0 Å². The van der Waals surface area contributed by atoms with Crippen molar-refractivity contribution < 1.29 is 28.5 Å². The van der Waals surface area contributed by atoms with Gasteiger partial charge in [0, 0.05) is 12.1 Å². The highest BCUT2D eigenvalue weighted by Crippen LogP contribution is 2.26. The minimum Gasteiger partial charge on any atom is -0.494 e. The Morgan fingerprint density at radius 3 is 1.54 bits per heavy atom. The van der Waals surface area contributed by atoms with E-state index in [-0.39, 0.29) is 0 Å². The molecule has 184 valence electrons. The summed E-state index contributed by atoms with van der Waals surface area (Å²) in [4.78, 5) is 11.8. The van der Waals surface area contributed by atoms with Crippen LogP contribution < -0.4 is 18.9 Å². The maximum atomic E-state index is 11.8. The number of hydrogen-bond acceptors (Lipinski definition) is 6. The van der Waals surface area contributed by atoms with Crippen LogP contribution in [-0.4, -0.2) is 25.8 Å². The average Bonchev–Trinajstić information content (AvgIpc) is 2.87. The van der Waals surface area contributed by atoms with Crippen molar-refractivity contribution >= 4 is 12.0 Å². The molecule has 0 atom stereocenters. The molecule has 0 heterocycles. The fourth-order valence-electron chi connectivity index (χ4n) is 3.24. The lowest BCUT2D eigenvalue weighted by Crippen LogP contribution is -2.00. The van der Waals surface area contributed by atoms with Crippen LogP contribution in [0.3, 0.4) is 0 Å². The van der Waals surface area contributed by atoms with Gasteiger partial charge in [0.05, 0.1) is 19.8 Å². The van der Waals surface area contributed by atoms with Crippen molar-refractivity contribution in [1.29, 1.82) is 0 Å². The molecule has 3 rings (SSSR count). The van der Waals surface area contributed by atoms with Gasteiger partial charge in [0.15, 0.2) is 0 Å². The molecule has 0 radical (unpaired) electrons. The summed E-state index contributed by atoms with van der Waals surface area (Å²) in [5.41, 5.74) is 2.79. The molecular formula is C29H32O6. The topological polar surface area (TPSA) is 63.2 Å². The Bertz CT molecular complexity index is 1020. The van der Waals surface area contributed by atoms with E-state index in [1.165, 1.54) is 6.08 Å². The van der Waals surface area contributed by atoms with Crippen molar-refractivity contribution in [2.75, 3.05) is 19.8 Å². The summed E-state index contributed by atoms with van der Waals surface area (Å²) >= 11 is 0. The quantitative estimate of drug-likeness (QED) is 0.216. The summed E-state index contributed by atoms with van der Waals surface area (Å²) in [5, 5.41) is 0. The molecule has 0 N–H and O–H groups in total. The largest absolute Gasteiger partial charge is 0.494 e. The third kappa shape index (κ3) is 8.74. The average molecular weight is 477 g/mol. The predicted octanol–water partition coefficient (Wildman–Crippen LogP) is 6.22. The molecular weight excluding hydrogens is 444 g/mol. The first-order valence-electron chi connectivity index (χ1n) is 11.8. The molecule has 0 aromatic heterocycles. The van der Waals surface area contributed by atoms with Gasteiger partial charge in [-0.15, -0.1) is 0 Å². The fourth-order valence-corrected chi connectivity index (χ4v) is 3.24. The van der Waals surface area contributed by atoms with Gasteiger partial charge in [-0.3, -0.25) is 0 Å². The summed E-state index contributed by atoms with van der Waals surface area (Å²) < 4.78 is 28.0. The number of esters is 1. The van der Waals surface area contributed by atoms with E-state index < -0.39 is 5.97 Å². The minimum atomic E-state index is -0.398. The molecule has 0 aliphatic carbocycles. The lowest BCUT2D eigenvalue weighted by molar-refractivity contribution is -0.137. The lowest BCUT2D eigenvalue weighted by atomic mass is 10.1. The van der Waals surface area contributed by atoms with Gasteiger partial charge in [-0.25, -0.2) is 4.79 Å². The number of benzene rings is 3. The van der Waals surface area contributed by atoms with Crippen LogP contribution in [-0.2, 0) is 22.7 Å². The second-order valence-corrected chi connectivity index (χ2v) is 7.55. The van der Waals surface area contributed by atoms with Crippen molar-refractivity contribution in [2.24, 2.45) is 0 Å². The maximum Gasteiger partial charge on any atom is 0.330 e. The van der Waals surface area contributed by atoms with E-state index in [4.69, 9.17) is 23.7 Å². The zero-order chi connectivity index (χ0) is 24.9. The molecule has 0 saturated carbocycles. The molecule has 0 aliphatic rings. The molecule has 0 saturated heterocycles. The predicted molar refractivity (Wildman–Crippen MR) is 136 cm³/mol. The highest BCUT2D eigenvalue weighted by Gasteiger charge is 2.06. The van der Waals surface area contributed by atoms with E-state index in [0.717, 1.165) is 28.2 Å². The van der Waals surface area contributed by atoms with Crippen LogP contribution in [0.25, 0.3) is 6.08 Å². The monoisotopic (exact) mass is 476 g/mol. The zero-order valence-corrected chi connectivity index (χ0v) is 20.5. The van der Waals surface area contributed by atoms with Crippen molar-refractivity contribution in [3.05, 3.63) is 89.5 Å². The molecule has 3 aromatic carbocycles. The van der Waals surface area contributed by atoms with Crippen LogP contribution in [0, 0.1) is 0 Å². The molecule has 0 spiro atoms. The Hall–Kier alpha value is -3.93. The van der Waals surface area contributed by atoms with Crippen LogP contribution in [0.2, 0.25) is 0 Å². The smallest absolute Gasteiger partial charge is 0.330 e. The van der Waals surface area contributed by atoms with E-state index in [2.05, 4.69) is 0 Å². The van der Waals surface area contributed by atoms with Crippen LogP contribution >= 0.6 is 0 Å². The fraction of sp³-hybridized carbons (Fsp3) is 0.276. The first-order valence-corrected chi connectivity index (χ1v) is 11.8. The summed E-state index contributed by atoms with van der Waals surface area (Å²) in [7, 11) is 0. The standard InChI is InChI=1S/C29H32O6/c1-4-31-25-12-7-22(8-13-25)20-34-27-17-24(11-16-29(30)33-6-3)18-28(19-27)35-21-23-9-14-26(15-10-23)32-5-2/h7-19H,4-6,20-21H2,1-3H3/b16-11+. The third-order valence-electron chi connectivity index (χ3n) is 4.88. The van der Waals surface area contributed by atoms with E-state index >= 15 is 0 Å². The van der Waals surface area contributed by atoms with Gasteiger partial charge in [0.1, 0.15) is 36.2 Å². The third-order valence-corrected chi connectivity index (χ3v) is 4.88. The van der Waals surface area contributed by atoms with Gasteiger partial charge in [0.2, 0.25) is 0 Å². The number of rotatable bonds is 13. The second kappa shape index (κ2) is 13.7. The lowest BCUT2D eigenvalue weighted by Gasteiger charge is -2.12. The molecule has 0 unspecified atom stereocenters. The van der Waals surface area contributed by atoms with Gasteiger partial charge in [-0.05, 0) is 79.9 Å². The van der Waals surface area contributed by atoms with E-state index in [1.54, 1.807) is 13.0 Å². The van der Waals surface area contributed by atoms with Crippen LogP contribution in [0.15, 0.2) is 72.8 Å². The van der Waals surface area contributed by atoms with Crippen molar-refractivity contribution in [3.63, 3.8) is 0 Å². The normalized spacial score (nSPS) is 10.7. The van der Waals surface area contributed by atoms with E-state index in [9.17, 15) is 4.79 Å². The highest BCUT2D eigenvalue weighted by atomic mass is 16.5. The molecule has 0 fully saturated rings. The Balaban J connectivity index is 1.72. The van der Waals surface area contributed by atoms with Crippen LogP contribution in [0.5, 0.6) is 23.0 Å².